The molecule has 5 rings (SSSR count). The van der Waals surface area contributed by atoms with Crippen LogP contribution in [0.2, 0.25) is 0 Å². The van der Waals surface area contributed by atoms with Gasteiger partial charge in [0.2, 0.25) is 5.91 Å². The van der Waals surface area contributed by atoms with Crippen LogP contribution in [-0.2, 0) is 17.0 Å². The van der Waals surface area contributed by atoms with Crippen LogP contribution in [0.4, 0.5) is 0 Å². The lowest BCUT2D eigenvalue weighted by Crippen LogP contribution is -2.93. The number of carbonyl (C=O) groups is 1. The molecule has 2 atom stereocenters. The van der Waals surface area contributed by atoms with E-state index in [-0.39, 0.29) is 11.4 Å². The molecule has 0 radical (unpaired) electrons. The highest BCUT2D eigenvalue weighted by Gasteiger charge is 2.88. The van der Waals surface area contributed by atoms with Crippen molar-refractivity contribution in [3.8, 4) is 0 Å². The predicted molar refractivity (Wildman–Crippen MR) is 110 cm³/mol. The summed E-state index contributed by atoms with van der Waals surface area (Å²) in [7, 11) is 0. The van der Waals surface area contributed by atoms with E-state index >= 15 is 0 Å². The molecule has 4 aliphatic rings. The summed E-state index contributed by atoms with van der Waals surface area (Å²) in [4.78, 5) is 12.4. The summed E-state index contributed by atoms with van der Waals surface area (Å²) in [6.45, 7) is 2.47. The Hall–Kier alpha value is -1.07. The fourth-order valence-electron chi connectivity index (χ4n) is 6.68. The van der Waals surface area contributed by atoms with Crippen molar-refractivity contribution in [2.75, 3.05) is 6.54 Å². The molecule has 4 saturated carbocycles. The minimum absolute atomic E-state index is 0.115. The van der Waals surface area contributed by atoms with E-state index in [9.17, 15) is 4.79 Å². The molecule has 1 spiro atoms. The van der Waals surface area contributed by atoms with Gasteiger partial charge in [0.25, 0.3) is 0 Å². The molecule has 2 N–H and O–H groups in total. The van der Waals surface area contributed by atoms with Gasteiger partial charge < -0.3 is 10.6 Å². The largest absolute Gasteiger partial charge is 0.362 e. The lowest BCUT2D eigenvalue weighted by Gasteiger charge is -2.91. The Balaban J connectivity index is 1.06. The maximum Gasteiger partial charge on any atom is 0.239 e. The number of amides is 1. The molecule has 0 aliphatic heterocycles. The Kier molecular flexibility index (Phi) is 3.91. The summed E-state index contributed by atoms with van der Waals surface area (Å²) < 4.78 is 0.707. The Bertz CT molecular complexity index is 734. The average molecular weight is 387 g/mol. The highest BCUT2D eigenvalue weighted by Crippen LogP contribution is 2.89. The summed E-state index contributed by atoms with van der Waals surface area (Å²) in [6.07, 6.45) is 6.35. The van der Waals surface area contributed by atoms with Crippen molar-refractivity contribution in [2.24, 2.45) is 23.2 Å². The molecule has 138 valence electrons. The summed E-state index contributed by atoms with van der Waals surface area (Å²) in [6, 6.07) is 8.66. The lowest BCUT2D eigenvalue weighted by molar-refractivity contribution is -0.394. The quantitative estimate of drug-likeness (QED) is 0.732. The molecule has 2 unspecified atom stereocenters. The number of thiocarbonyl (C=S) groups is 1. The Morgan fingerprint density at radius 1 is 1.15 bits per heavy atom. The highest BCUT2D eigenvalue weighted by atomic mass is 32.2. The third-order valence-corrected chi connectivity index (χ3v) is 9.14. The second-order valence-corrected chi connectivity index (χ2v) is 10.3. The van der Waals surface area contributed by atoms with Crippen molar-refractivity contribution in [3.63, 3.8) is 0 Å². The molecule has 0 aromatic heterocycles. The summed E-state index contributed by atoms with van der Waals surface area (Å²) >= 11 is 6.99. The van der Waals surface area contributed by atoms with Gasteiger partial charge in [-0.1, -0.05) is 55.2 Å². The number of hydrogen-bond donors (Lipinski definition) is 2. The zero-order valence-electron chi connectivity index (χ0n) is 15.2. The standard InChI is InChI=1S/C21H26N2OS2/c1-2-13-3-5-14(6-4-13)12-26-19(25)22-11-18(24)23-20-9-16-7-15-8-17(10-20)21(15,16)20/h3-6,15-17H,2,7-12H2,1H3,(H,22,25)(H,23,24). The molecular weight excluding hydrogens is 360 g/mol. The first kappa shape index (κ1) is 17.1. The number of thioether (sulfide) groups is 1. The Morgan fingerprint density at radius 3 is 2.38 bits per heavy atom. The van der Waals surface area contributed by atoms with Crippen LogP contribution in [0.3, 0.4) is 0 Å². The molecule has 1 aromatic rings. The predicted octanol–water partition coefficient (Wildman–Crippen LogP) is 3.66. The molecule has 0 heterocycles. The van der Waals surface area contributed by atoms with E-state index in [1.54, 1.807) is 11.8 Å². The van der Waals surface area contributed by atoms with E-state index in [2.05, 4.69) is 41.8 Å². The fraction of sp³-hybridized carbons (Fsp3) is 0.619. The third-order valence-electron chi connectivity index (χ3n) is 7.76. The molecule has 4 fully saturated rings. The maximum atomic E-state index is 12.4. The number of benzene rings is 1. The molecule has 4 aliphatic carbocycles. The lowest BCUT2D eigenvalue weighted by atomic mass is 9.15. The molecule has 26 heavy (non-hydrogen) atoms. The first-order chi connectivity index (χ1) is 12.6. The van der Waals surface area contributed by atoms with E-state index in [0.29, 0.717) is 16.3 Å². The van der Waals surface area contributed by atoms with Gasteiger partial charge in [0, 0.05) is 16.7 Å². The minimum atomic E-state index is 0.115. The average Bonchev–Trinajstić information content (AvgIpc) is 2.59. The summed E-state index contributed by atoms with van der Waals surface area (Å²) in [5.41, 5.74) is 3.33. The van der Waals surface area contributed by atoms with Crippen LogP contribution in [0.25, 0.3) is 0 Å². The van der Waals surface area contributed by atoms with Crippen LogP contribution in [0, 0.1) is 23.2 Å². The van der Waals surface area contributed by atoms with Gasteiger partial charge in [0.15, 0.2) is 0 Å². The zero-order chi connectivity index (χ0) is 17.9. The fourth-order valence-corrected chi connectivity index (χ4v) is 7.59. The normalized spacial score (nSPS) is 37.7. The first-order valence-electron chi connectivity index (χ1n) is 9.87. The van der Waals surface area contributed by atoms with Gasteiger partial charge in [-0.25, -0.2) is 0 Å². The number of aryl methyl sites for hydroxylation is 1. The summed E-state index contributed by atoms with van der Waals surface area (Å²) in [5, 5.41) is 6.52. The smallest absolute Gasteiger partial charge is 0.239 e. The highest BCUT2D eigenvalue weighted by molar-refractivity contribution is 8.22. The van der Waals surface area contributed by atoms with Crippen molar-refractivity contribution in [2.45, 2.75) is 50.3 Å². The second-order valence-electron chi connectivity index (χ2n) is 8.63. The second kappa shape index (κ2) is 5.96. The number of rotatable bonds is 6. The molecular formula is C21H26N2OS2. The maximum absolute atomic E-state index is 12.4. The van der Waals surface area contributed by atoms with Gasteiger partial charge in [-0.2, -0.15) is 0 Å². The van der Waals surface area contributed by atoms with Crippen LogP contribution in [0.1, 0.15) is 43.7 Å². The molecule has 0 bridgehead atoms. The Morgan fingerprint density at radius 2 is 1.81 bits per heavy atom. The summed E-state index contributed by atoms with van der Waals surface area (Å²) in [5.74, 6) is 3.72. The Labute approximate surface area is 165 Å². The van der Waals surface area contributed by atoms with Crippen molar-refractivity contribution >= 4 is 34.2 Å². The van der Waals surface area contributed by atoms with E-state index < -0.39 is 0 Å². The van der Waals surface area contributed by atoms with Crippen molar-refractivity contribution in [3.05, 3.63) is 35.4 Å². The topological polar surface area (TPSA) is 41.1 Å². The first-order valence-corrected chi connectivity index (χ1v) is 11.3. The van der Waals surface area contributed by atoms with Gasteiger partial charge in [-0.15, -0.1) is 0 Å². The van der Waals surface area contributed by atoms with Gasteiger partial charge in [0.1, 0.15) is 4.32 Å². The molecule has 1 aromatic carbocycles. The number of hydrogen-bond acceptors (Lipinski definition) is 3. The van der Waals surface area contributed by atoms with E-state index in [4.69, 9.17) is 12.2 Å². The van der Waals surface area contributed by atoms with Gasteiger partial charge >= 0.3 is 0 Å². The molecule has 5 heteroatoms. The molecule has 3 nitrogen and oxygen atoms in total. The van der Waals surface area contributed by atoms with Crippen LogP contribution in [0.5, 0.6) is 0 Å². The zero-order valence-corrected chi connectivity index (χ0v) is 16.8. The SMILES string of the molecule is CCc1ccc(CSC(=S)NCC(=O)NC23CC4CC5CC(C2)C543)cc1. The van der Waals surface area contributed by atoms with Gasteiger partial charge in [-0.05, 0) is 61.0 Å². The van der Waals surface area contributed by atoms with Crippen LogP contribution in [0.15, 0.2) is 24.3 Å². The van der Waals surface area contributed by atoms with Crippen molar-refractivity contribution < 1.29 is 4.79 Å². The van der Waals surface area contributed by atoms with Gasteiger partial charge in [0.05, 0.1) is 6.54 Å². The van der Waals surface area contributed by atoms with E-state index in [1.165, 1.54) is 36.8 Å². The van der Waals surface area contributed by atoms with E-state index in [1.807, 2.05) is 0 Å². The van der Waals surface area contributed by atoms with Crippen molar-refractivity contribution in [1.29, 1.82) is 0 Å². The van der Waals surface area contributed by atoms with Crippen LogP contribution in [-0.4, -0.2) is 22.3 Å². The molecule has 0 saturated heterocycles. The number of nitrogens with one attached hydrogen (secondary N) is 2. The molecule has 1 amide bonds. The van der Waals surface area contributed by atoms with Crippen LogP contribution >= 0.6 is 24.0 Å². The monoisotopic (exact) mass is 386 g/mol. The van der Waals surface area contributed by atoms with Gasteiger partial charge in [-0.3, -0.25) is 4.79 Å². The van der Waals surface area contributed by atoms with Crippen molar-refractivity contribution in [1.82, 2.24) is 10.6 Å². The van der Waals surface area contributed by atoms with Crippen LogP contribution < -0.4 is 10.6 Å². The number of carbonyl (C=O) groups excluding carboxylic acids is 1. The minimum Gasteiger partial charge on any atom is -0.362 e. The van der Waals surface area contributed by atoms with E-state index in [0.717, 1.165) is 29.9 Å². The third kappa shape index (κ3) is 2.19.